The molecule has 2 aromatic rings. The number of hydrogen-bond acceptors (Lipinski definition) is 3. The van der Waals surface area contributed by atoms with Crippen molar-refractivity contribution in [3.05, 3.63) is 65.2 Å². The zero-order valence-corrected chi connectivity index (χ0v) is 16.2. The number of para-hydroxylation sites is 1. The van der Waals surface area contributed by atoms with Gasteiger partial charge >= 0.3 is 0 Å². The van der Waals surface area contributed by atoms with Crippen LogP contribution in [0.3, 0.4) is 0 Å². The number of amides is 2. The molecular weight excluding hydrogens is 350 g/mol. The highest BCUT2D eigenvalue weighted by Crippen LogP contribution is 2.24. The Labute approximate surface area is 166 Å². The summed E-state index contributed by atoms with van der Waals surface area (Å²) in [4.78, 5) is 28.6. The summed E-state index contributed by atoms with van der Waals surface area (Å²) in [5.41, 5.74) is 4.09. The van der Waals surface area contributed by atoms with Gasteiger partial charge in [-0.25, -0.2) is 0 Å². The third-order valence-electron chi connectivity index (χ3n) is 5.64. The predicted molar refractivity (Wildman–Crippen MR) is 110 cm³/mol. The molecule has 2 aromatic carbocycles. The van der Waals surface area contributed by atoms with E-state index in [-0.39, 0.29) is 11.8 Å². The average molecular weight is 377 g/mol. The molecule has 0 aliphatic carbocycles. The fourth-order valence-corrected chi connectivity index (χ4v) is 4.06. The van der Waals surface area contributed by atoms with E-state index in [4.69, 9.17) is 0 Å². The molecule has 2 saturated heterocycles. The van der Waals surface area contributed by atoms with Crippen LogP contribution in [-0.2, 0) is 17.9 Å². The van der Waals surface area contributed by atoms with E-state index in [9.17, 15) is 9.59 Å². The Morgan fingerprint density at radius 2 is 1.68 bits per heavy atom. The Hall–Kier alpha value is -2.82. The zero-order chi connectivity index (χ0) is 19.3. The Morgan fingerprint density at radius 1 is 0.929 bits per heavy atom. The molecule has 2 fully saturated rings. The van der Waals surface area contributed by atoms with Gasteiger partial charge in [0.1, 0.15) is 0 Å². The molecule has 0 unspecified atom stereocenters. The molecule has 2 heterocycles. The van der Waals surface area contributed by atoms with Crippen LogP contribution in [0.2, 0.25) is 0 Å². The predicted octanol–water partition coefficient (Wildman–Crippen LogP) is 3.34. The number of likely N-dealkylation sites (tertiary alicyclic amines) is 1. The second-order valence-corrected chi connectivity index (χ2v) is 7.62. The lowest BCUT2D eigenvalue weighted by Gasteiger charge is -2.21. The minimum absolute atomic E-state index is 0.0694. The molecule has 0 aromatic heterocycles. The first kappa shape index (κ1) is 18.5. The minimum Gasteiger partial charge on any atom is -0.371 e. The van der Waals surface area contributed by atoms with Gasteiger partial charge in [0.15, 0.2) is 0 Å². The average Bonchev–Trinajstić information content (AvgIpc) is 3.39. The largest absolute Gasteiger partial charge is 0.371 e. The van der Waals surface area contributed by atoms with E-state index in [1.807, 2.05) is 35.2 Å². The van der Waals surface area contributed by atoms with Gasteiger partial charge in [-0.15, -0.1) is 0 Å². The van der Waals surface area contributed by atoms with E-state index in [0.717, 1.165) is 37.2 Å². The van der Waals surface area contributed by atoms with Crippen LogP contribution in [0.25, 0.3) is 0 Å². The van der Waals surface area contributed by atoms with Crippen molar-refractivity contribution in [2.45, 2.75) is 38.8 Å². The Morgan fingerprint density at radius 3 is 2.39 bits per heavy atom. The van der Waals surface area contributed by atoms with Crippen molar-refractivity contribution in [1.29, 1.82) is 0 Å². The minimum atomic E-state index is -0.0694. The van der Waals surface area contributed by atoms with E-state index in [2.05, 4.69) is 28.4 Å². The molecule has 1 N–H and O–H groups in total. The summed E-state index contributed by atoms with van der Waals surface area (Å²) in [7, 11) is 0. The molecule has 0 saturated carbocycles. The number of anilines is 1. The van der Waals surface area contributed by atoms with Crippen molar-refractivity contribution in [1.82, 2.24) is 10.2 Å². The van der Waals surface area contributed by atoms with Gasteiger partial charge in [-0.2, -0.15) is 0 Å². The van der Waals surface area contributed by atoms with Crippen LogP contribution in [0.15, 0.2) is 48.5 Å². The molecule has 28 heavy (non-hydrogen) atoms. The molecule has 0 radical (unpaired) electrons. The molecule has 5 heteroatoms. The molecule has 0 atom stereocenters. The van der Waals surface area contributed by atoms with E-state index in [0.29, 0.717) is 25.1 Å². The normalized spacial score (nSPS) is 16.6. The summed E-state index contributed by atoms with van der Waals surface area (Å²) < 4.78 is 0. The van der Waals surface area contributed by atoms with E-state index < -0.39 is 0 Å². The Bertz CT molecular complexity index is 841. The van der Waals surface area contributed by atoms with Crippen molar-refractivity contribution in [3.63, 3.8) is 0 Å². The molecule has 2 amide bonds. The van der Waals surface area contributed by atoms with Crippen molar-refractivity contribution in [2.75, 3.05) is 24.5 Å². The number of rotatable bonds is 6. The molecule has 0 spiro atoms. The highest BCUT2D eigenvalue weighted by Gasteiger charge is 2.20. The van der Waals surface area contributed by atoms with Gasteiger partial charge in [-0.05, 0) is 48.6 Å². The van der Waals surface area contributed by atoms with Crippen LogP contribution in [0.1, 0.15) is 47.2 Å². The van der Waals surface area contributed by atoms with E-state index in [1.54, 1.807) is 0 Å². The summed E-state index contributed by atoms with van der Waals surface area (Å²) in [5, 5.41) is 3.05. The highest BCUT2D eigenvalue weighted by atomic mass is 16.2. The number of benzene rings is 2. The Kier molecular flexibility index (Phi) is 5.60. The van der Waals surface area contributed by atoms with Crippen LogP contribution in [-0.4, -0.2) is 36.3 Å². The maximum Gasteiger partial charge on any atom is 0.251 e. The van der Waals surface area contributed by atoms with Gasteiger partial charge < -0.3 is 15.1 Å². The van der Waals surface area contributed by atoms with Crippen LogP contribution in [0.5, 0.6) is 0 Å². The highest BCUT2D eigenvalue weighted by molar-refractivity contribution is 5.94. The van der Waals surface area contributed by atoms with Crippen molar-refractivity contribution in [2.24, 2.45) is 0 Å². The lowest BCUT2D eigenvalue weighted by atomic mass is 10.1. The smallest absolute Gasteiger partial charge is 0.251 e. The van der Waals surface area contributed by atoms with E-state index >= 15 is 0 Å². The molecule has 2 aliphatic heterocycles. The summed E-state index contributed by atoms with van der Waals surface area (Å²) >= 11 is 0. The zero-order valence-electron chi connectivity index (χ0n) is 16.2. The molecule has 4 rings (SSSR count). The number of hydrogen-bond donors (Lipinski definition) is 1. The number of carbonyl (C=O) groups excluding carboxylic acids is 2. The van der Waals surface area contributed by atoms with Crippen molar-refractivity contribution < 1.29 is 9.59 Å². The van der Waals surface area contributed by atoms with Crippen LogP contribution < -0.4 is 10.2 Å². The monoisotopic (exact) mass is 377 g/mol. The van der Waals surface area contributed by atoms with Crippen molar-refractivity contribution in [3.8, 4) is 0 Å². The molecular formula is C23H27N3O2. The second-order valence-electron chi connectivity index (χ2n) is 7.62. The first-order valence-electron chi connectivity index (χ1n) is 10.2. The SMILES string of the molecule is O=C(NCc1ccccc1N1CCCC1)c1ccc(CN2CCCC2=O)cc1. The standard InChI is InChI=1S/C23H27N3O2/c27-22-8-5-15-26(22)17-18-9-11-19(12-10-18)23(28)24-16-20-6-1-2-7-21(20)25-13-3-4-14-25/h1-2,6-7,9-12H,3-5,8,13-17H2,(H,24,28). The quantitative estimate of drug-likeness (QED) is 0.840. The third-order valence-corrected chi connectivity index (χ3v) is 5.64. The third kappa shape index (κ3) is 4.19. The first-order valence-corrected chi connectivity index (χ1v) is 10.2. The summed E-state index contributed by atoms with van der Waals surface area (Å²) in [6, 6.07) is 15.9. The fourth-order valence-electron chi connectivity index (χ4n) is 4.06. The summed E-state index contributed by atoms with van der Waals surface area (Å²) in [6.45, 7) is 4.16. The second kappa shape index (κ2) is 8.46. The van der Waals surface area contributed by atoms with E-state index in [1.165, 1.54) is 18.5 Å². The summed E-state index contributed by atoms with van der Waals surface area (Å²) in [6.07, 6.45) is 4.06. The molecule has 2 aliphatic rings. The summed E-state index contributed by atoms with van der Waals surface area (Å²) in [5.74, 6) is 0.151. The van der Waals surface area contributed by atoms with Gasteiger partial charge in [0, 0.05) is 50.4 Å². The molecule has 5 nitrogen and oxygen atoms in total. The molecule has 146 valence electrons. The van der Waals surface area contributed by atoms with Crippen LogP contribution in [0, 0.1) is 0 Å². The van der Waals surface area contributed by atoms with Gasteiger partial charge in [0.25, 0.3) is 5.91 Å². The van der Waals surface area contributed by atoms with Gasteiger partial charge in [0.05, 0.1) is 0 Å². The van der Waals surface area contributed by atoms with Crippen LogP contribution in [0.4, 0.5) is 5.69 Å². The van der Waals surface area contributed by atoms with Gasteiger partial charge in [-0.3, -0.25) is 9.59 Å². The maximum atomic E-state index is 12.6. The number of carbonyl (C=O) groups is 2. The number of nitrogens with zero attached hydrogens (tertiary/aromatic N) is 2. The topological polar surface area (TPSA) is 52.7 Å². The maximum absolute atomic E-state index is 12.6. The first-order chi connectivity index (χ1) is 13.7. The van der Waals surface area contributed by atoms with Gasteiger partial charge in [0.2, 0.25) is 5.91 Å². The lowest BCUT2D eigenvalue weighted by Crippen LogP contribution is -2.26. The van der Waals surface area contributed by atoms with Crippen molar-refractivity contribution >= 4 is 17.5 Å². The van der Waals surface area contributed by atoms with Gasteiger partial charge in [-0.1, -0.05) is 30.3 Å². The van der Waals surface area contributed by atoms with Crippen LogP contribution >= 0.6 is 0 Å². The Balaban J connectivity index is 1.36. The number of nitrogens with one attached hydrogen (secondary N) is 1. The lowest BCUT2D eigenvalue weighted by molar-refractivity contribution is -0.128. The fraction of sp³-hybridized carbons (Fsp3) is 0.391. The molecule has 0 bridgehead atoms.